The zero-order valence-electron chi connectivity index (χ0n) is 10.8. The number of pyridine rings is 1. The van der Waals surface area contributed by atoms with Gasteiger partial charge in [-0.05, 0) is 48.6 Å². The van der Waals surface area contributed by atoms with Crippen LogP contribution in [0.25, 0.3) is 5.69 Å². The molecule has 106 valence electrons. The molecule has 0 radical (unpaired) electrons. The van der Waals surface area contributed by atoms with Gasteiger partial charge in [-0.15, -0.1) is 5.10 Å². The van der Waals surface area contributed by atoms with Gasteiger partial charge in [-0.25, -0.2) is 4.68 Å². The summed E-state index contributed by atoms with van der Waals surface area (Å²) in [4.78, 5) is 4.30. The Morgan fingerprint density at radius 3 is 2.71 bits per heavy atom. The summed E-state index contributed by atoms with van der Waals surface area (Å²) >= 11 is 14.4. The Hall–Kier alpha value is -1.21. The van der Waals surface area contributed by atoms with Crippen LogP contribution >= 0.6 is 46.9 Å². The first-order chi connectivity index (χ1) is 10.2. The Balaban J connectivity index is 1.78. The molecule has 0 unspecified atom stereocenters. The van der Waals surface area contributed by atoms with Crippen molar-refractivity contribution in [3.8, 4) is 5.69 Å². The third-order valence-electron chi connectivity index (χ3n) is 2.67. The Labute approximate surface area is 140 Å². The molecule has 0 aliphatic carbocycles. The molecule has 0 fully saturated rings. The van der Waals surface area contributed by atoms with E-state index in [1.54, 1.807) is 22.6 Å². The zero-order valence-corrected chi connectivity index (χ0v) is 14.0. The molecular weight excluding hydrogens is 342 g/mol. The van der Waals surface area contributed by atoms with Crippen molar-refractivity contribution in [1.82, 2.24) is 14.8 Å². The number of hydrogen-bond acceptors (Lipinski definition) is 5. The van der Waals surface area contributed by atoms with E-state index in [0.29, 0.717) is 5.02 Å². The summed E-state index contributed by atoms with van der Waals surface area (Å²) in [5, 5.41) is 5.25. The zero-order chi connectivity index (χ0) is 14.7. The van der Waals surface area contributed by atoms with Crippen LogP contribution in [0, 0.1) is 3.95 Å². The van der Waals surface area contributed by atoms with E-state index in [1.165, 1.54) is 11.3 Å². The van der Waals surface area contributed by atoms with E-state index in [-0.39, 0.29) is 0 Å². The molecule has 0 atom stereocenters. The molecule has 1 aromatic carbocycles. The number of thioether (sulfide) groups is 1. The van der Waals surface area contributed by atoms with E-state index in [2.05, 4.69) is 10.1 Å². The average molecular weight is 352 g/mol. The topological polar surface area (TPSA) is 30.7 Å². The van der Waals surface area contributed by atoms with Crippen molar-refractivity contribution in [2.45, 2.75) is 10.1 Å². The van der Waals surface area contributed by atoms with Crippen molar-refractivity contribution in [3.63, 3.8) is 0 Å². The van der Waals surface area contributed by atoms with E-state index in [0.717, 1.165) is 25.4 Å². The SMILES string of the molecule is S=c1sc(SCc2ccccn2)nn1-c1ccc(Cl)cc1. The van der Waals surface area contributed by atoms with Gasteiger partial charge in [0.1, 0.15) is 0 Å². The van der Waals surface area contributed by atoms with Gasteiger partial charge < -0.3 is 0 Å². The minimum atomic E-state index is 0.699. The third-order valence-corrected chi connectivity index (χ3v) is 5.32. The maximum Gasteiger partial charge on any atom is 0.184 e. The van der Waals surface area contributed by atoms with E-state index >= 15 is 0 Å². The average Bonchev–Trinajstić information content (AvgIpc) is 2.88. The molecule has 2 aromatic heterocycles. The molecule has 0 saturated heterocycles. The minimum absolute atomic E-state index is 0.699. The van der Waals surface area contributed by atoms with Gasteiger partial charge in [-0.3, -0.25) is 4.98 Å². The lowest BCUT2D eigenvalue weighted by Crippen LogP contribution is -1.95. The summed E-state index contributed by atoms with van der Waals surface area (Å²) < 4.78 is 3.42. The van der Waals surface area contributed by atoms with Crippen molar-refractivity contribution < 1.29 is 0 Å². The number of hydrogen-bond donors (Lipinski definition) is 0. The van der Waals surface area contributed by atoms with Crippen molar-refractivity contribution >= 4 is 46.9 Å². The number of benzene rings is 1. The lowest BCUT2D eigenvalue weighted by Gasteiger charge is -2.00. The highest BCUT2D eigenvalue weighted by molar-refractivity contribution is 8.00. The molecule has 3 nitrogen and oxygen atoms in total. The van der Waals surface area contributed by atoms with Crippen LogP contribution in [0.2, 0.25) is 5.02 Å². The molecule has 0 bridgehead atoms. The highest BCUT2D eigenvalue weighted by atomic mass is 35.5. The lowest BCUT2D eigenvalue weighted by molar-refractivity contribution is 0.829. The second kappa shape index (κ2) is 6.70. The second-order valence-corrected chi connectivity index (χ2v) is 7.41. The van der Waals surface area contributed by atoms with Crippen LogP contribution in [0.1, 0.15) is 5.69 Å². The summed E-state index contributed by atoms with van der Waals surface area (Å²) in [6.07, 6.45) is 1.80. The molecule has 0 saturated carbocycles. The van der Waals surface area contributed by atoms with Gasteiger partial charge in [0, 0.05) is 17.0 Å². The van der Waals surface area contributed by atoms with E-state index < -0.39 is 0 Å². The molecular formula is C14H10ClN3S3. The Kier molecular flexibility index (Phi) is 4.70. The predicted octanol–water partition coefficient (Wildman–Crippen LogP) is 5.00. The summed E-state index contributed by atoms with van der Waals surface area (Å²) in [7, 11) is 0. The van der Waals surface area contributed by atoms with Gasteiger partial charge in [0.15, 0.2) is 8.29 Å². The standard InChI is InChI=1S/C14H10ClN3S3/c15-10-4-6-12(7-5-10)18-14(19)21-13(17-18)20-9-11-3-1-2-8-16-11/h1-8H,9H2. The first kappa shape index (κ1) is 14.7. The fourth-order valence-corrected chi connectivity index (χ4v) is 4.09. The summed E-state index contributed by atoms with van der Waals surface area (Å²) in [6, 6.07) is 13.4. The number of nitrogens with zero attached hydrogens (tertiary/aromatic N) is 3. The maximum absolute atomic E-state index is 5.90. The molecule has 0 spiro atoms. The van der Waals surface area contributed by atoms with Gasteiger partial charge in [-0.2, -0.15) is 0 Å². The van der Waals surface area contributed by atoms with Crippen molar-refractivity contribution in [1.29, 1.82) is 0 Å². The Bertz CT molecular complexity index is 781. The molecule has 0 amide bonds. The van der Waals surface area contributed by atoms with E-state index in [9.17, 15) is 0 Å². The fourth-order valence-electron chi connectivity index (χ4n) is 1.68. The van der Waals surface area contributed by atoms with Gasteiger partial charge in [0.25, 0.3) is 0 Å². The third kappa shape index (κ3) is 3.71. The van der Waals surface area contributed by atoms with Crippen LogP contribution < -0.4 is 0 Å². The fraction of sp³-hybridized carbons (Fsp3) is 0.0714. The van der Waals surface area contributed by atoms with Gasteiger partial charge in [0.2, 0.25) is 0 Å². The highest BCUT2D eigenvalue weighted by Gasteiger charge is 2.07. The van der Waals surface area contributed by atoms with Crippen LogP contribution in [-0.4, -0.2) is 14.8 Å². The van der Waals surface area contributed by atoms with E-state index in [4.69, 9.17) is 23.8 Å². The molecule has 0 aliphatic heterocycles. The number of aromatic nitrogens is 3. The van der Waals surface area contributed by atoms with Gasteiger partial charge in [0.05, 0.1) is 11.4 Å². The van der Waals surface area contributed by atoms with Crippen molar-refractivity contribution in [3.05, 3.63) is 63.3 Å². The minimum Gasteiger partial charge on any atom is -0.260 e. The molecule has 0 N–H and O–H groups in total. The number of rotatable bonds is 4. The highest BCUT2D eigenvalue weighted by Crippen LogP contribution is 2.26. The molecule has 3 rings (SSSR count). The molecule has 21 heavy (non-hydrogen) atoms. The molecule has 0 aliphatic rings. The summed E-state index contributed by atoms with van der Waals surface area (Å²) in [5.41, 5.74) is 1.95. The monoisotopic (exact) mass is 351 g/mol. The quantitative estimate of drug-likeness (QED) is 0.488. The van der Waals surface area contributed by atoms with Crippen LogP contribution in [0.5, 0.6) is 0 Å². The van der Waals surface area contributed by atoms with Crippen molar-refractivity contribution in [2.24, 2.45) is 0 Å². The normalized spacial score (nSPS) is 10.7. The summed E-state index contributed by atoms with van der Waals surface area (Å²) in [5.74, 6) is 0.781. The van der Waals surface area contributed by atoms with Gasteiger partial charge >= 0.3 is 0 Å². The first-order valence-corrected chi connectivity index (χ1v) is 8.70. The van der Waals surface area contributed by atoms with Crippen LogP contribution in [0.4, 0.5) is 0 Å². The summed E-state index contributed by atoms with van der Waals surface area (Å²) in [6.45, 7) is 0. The predicted molar refractivity (Wildman–Crippen MR) is 91.1 cm³/mol. The maximum atomic E-state index is 5.90. The van der Waals surface area contributed by atoms with Crippen LogP contribution in [0.15, 0.2) is 53.0 Å². The van der Waals surface area contributed by atoms with E-state index in [1.807, 2.05) is 42.5 Å². The van der Waals surface area contributed by atoms with Crippen LogP contribution in [0.3, 0.4) is 0 Å². The molecule has 7 heteroatoms. The van der Waals surface area contributed by atoms with Crippen LogP contribution in [-0.2, 0) is 5.75 Å². The smallest absolute Gasteiger partial charge is 0.184 e. The Morgan fingerprint density at radius 1 is 1.19 bits per heavy atom. The molecule has 2 heterocycles. The lowest BCUT2D eigenvalue weighted by atomic mass is 10.3. The second-order valence-electron chi connectivity index (χ2n) is 4.13. The Morgan fingerprint density at radius 2 is 2.00 bits per heavy atom. The largest absolute Gasteiger partial charge is 0.260 e. The van der Waals surface area contributed by atoms with Gasteiger partial charge in [-0.1, -0.05) is 40.8 Å². The number of halogens is 1. The molecule has 3 aromatic rings. The van der Waals surface area contributed by atoms with Crippen molar-refractivity contribution in [2.75, 3.05) is 0 Å². The first-order valence-electron chi connectivity index (χ1n) is 6.11.